The highest BCUT2D eigenvalue weighted by Crippen LogP contribution is 2.39. The Bertz CT molecular complexity index is 1090. The summed E-state index contributed by atoms with van der Waals surface area (Å²) in [5.41, 5.74) is 3.17. The minimum absolute atomic E-state index is 0.116. The van der Waals surface area contributed by atoms with E-state index >= 15 is 0 Å². The van der Waals surface area contributed by atoms with Gasteiger partial charge in [-0.25, -0.2) is 4.79 Å². The van der Waals surface area contributed by atoms with Crippen LogP contribution in [0.25, 0.3) is 5.69 Å². The minimum Gasteiger partial charge on any atom is -0.465 e. The van der Waals surface area contributed by atoms with Crippen LogP contribution in [0.15, 0.2) is 67.0 Å². The van der Waals surface area contributed by atoms with Gasteiger partial charge in [-0.3, -0.25) is 4.98 Å². The summed E-state index contributed by atoms with van der Waals surface area (Å²) >= 11 is 5.73. The molecular formula is C24H26N4O3S. The van der Waals surface area contributed by atoms with E-state index < -0.39 is 0 Å². The van der Waals surface area contributed by atoms with Crippen molar-refractivity contribution in [3.05, 3.63) is 83.9 Å². The summed E-state index contributed by atoms with van der Waals surface area (Å²) in [6, 6.07) is 17.1. The van der Waals surface area contributed by atoms with E-state index in [0.29, 0.717) is 17.3 Å². The number of thiocarbonyl (C=S) groups is 1. The number of carbonyl (C=O) groups excluding carboxylic acids is 1. The van der Waals surface area contributed by atoms with E-state index in [2.05, 4.69) is 21.3 Å². The van der Waals surface area contributed by atoms with Gasteiger partial charge in [0.25, 0.3) is 0 Å². The Labute approximate surface area is 193 Å². The van der Waals surface area contributed by atoms with Crippen LogP contribution >= 0.6 is 12.2 Å². The molecule has 1 saturated heterocycles. The molecular weight excluding hydrogens is 424 g/mol. The number of benzene rings is 1. The van der Waals surface area contributed by atoms with Crippen molar-refractivity contribution >= 4 is 23.3 Å². The number of ether oxygens (including phenoxy) is 2. The first-order chi connectivity index (χ1) is 15.7. The molecule has 1 fully saturated rings. The summed E-state index contributed by atoms with van der Waals surface area (Å²) in [6.07, 6.45) is 4.58. The molecule has 4 rings (SSSR count). The number of nitrogens with zero attached hydrogens (tertiary/aromatic N) is 3. The molecule has 7 nitrogen and oxygen atoms in total. The molecule has 3 heterocycles. The lowest BCUT2D eigenvalue weighted by atomic mass is 10.0. The summed E-state index contributed by atoms with van der Waals surface area (Å²) in [6.45, 7) is 1.38. The first-order valence-electron chi connectivity index (χ1n) is 10.5. The number of rotatable bonds is 8. The molecule has 0 bridgehead atoms. The van der Waals surface area contributed by atoms with Crippen molar-refractivity contribution in [2.75, 3.05) is 27.4 Å². The lowest BCUT2D eigenvalue weighted by Gasteiger charge is -2.29. The van der Waals surface area contributed by atoms with Crippen LogP contribution in [0.4, 0.5) is 0 Å². The fraction of sp³-hybridized carbons (Fsp3) is 0.292. The molecule has 1 aromatic carbocycles. The van der Waals surface area contributed by atoms with Crippen molar-refractivity contribution in [2.45, 2.75) is 18.5 Å². The van der Waals surface area contributed by atoms with Gasteiger partial charge in [-0.15, -0.1) is 0 Å². The van der Waals surface area contributed by atoms with Crippen LogP contribution in [0.1, 0.15) is 40.3 Å². The van der Waals surface area contributed by atoms with Crippen molar-refractivity contribution in [3.63, 3.8) is 0 Å². The molecule has 2 aromatic heterocycles. The Kier molecular flexibility index (Phi) is 6.82. The minimum atomic E-state index is -0.376. The Morgan fingerprint density at radius 3 is 2.69 bits per heavy atom. The first-order valence-corrected chi connectivity index (χ1v) is 10.9. The van der Waals surface area contributed by atoms with Crippen LogP contribution in [0, 0.1) is 0 Å². The number of carbonyl (C=O) groups is 1. The Balaban J connectivity index is 1.80. The summed E-state index contributed by atoms with van der Waals surface area (Å²) in [5.74, 6) is -0.376. The smallest absolute Gasteiger partial charge is 0.339 e. The van der Waals surface area contributed by atoms with Crippen molar-refractivity contribution < 1.29 is 14.3 Å². The van der Waals surface area contributed by atoms with Crippen LogP contribution < -0.4 is 5.32 Å². The Morgan fingerprint density at radius 1 is 1.12 bits per heavy atom. The predicted octanol–water partition coefficient (Wildman–Crippen LogP) is 3.67. The maximum Gasteiger partial charge on any atom is 0.339 e. The molecule has 0 aliphatic carbocycles. The van der Waals surface area contributed by atoms with E-state index in [4.69, 9.17) is 21.7 Å². The second-order valence-electron chi connectivity index (χ2n) is 7.48. The largest absolute Gasteiger partial charge is 0.465 e. The summed E-state index contributed by atoms with van der Waals surface area (Å²) < 4.78 is 12.3. The van der Waals surface area contributed by atoms with Crippen molar-refractivity contribution in [3.8, 4) is 5.69 Å². The van der Waals surface area contributed by atoms with E-state index in [-0.39, 0.29) is 18.1 Å². The summed E-state index contributed by atoms with van der Waals surface area (Å²) in [5, 5.41) is 4.14. The van der Waals surface area contributed by atoms with Gasteiger partial charge < -0.3 is 24.3 Å². The van der Waals surface area contributed by atoms with Crippen LogP contribution in [-0.2, 0) is 9.47 Å². The number of esters is 1. The molecule has 0 amide bonds. The zero-order valence-electron chi connectivity index (χ0n) is 18.1. The third kappa shape index (κ3) is 4.24. The first kappa shape index (κ1) is 22.0. The third-order valence-corrected chi connectivity index (χ3v) is 5.95. The SMILES string of the molecule is COCCCN1C(=S)N[C@@H](c2ccccn2)[C@@H]1c1cccn1-c1ccccc1C(=O)OC. The number of hydrogen-bond donors (Lipinski definition) is 1. The fourth-order valence-corrected chi connectivity index (χ4v) is 4.50. The zero-order chi connectivity index (χ0) is 22.5. The monoisotopic (exact) mass is 450 g/mol. The highest BCUT2D eigenvalue weighted by molar-refractivity contribution is 7.80. The average Bonchev–Trinajstić information content (AvgIpc) is 3.43. The number of methoxy groups -OCH3 is 2. The molecule has 1 aliphatic rings. The molecule has 0 unspecified atom stereocenters. The van der Waals surface area contributed by atoms with Crippen molar-refractivity contribution in [1.82, 2.24) is 19.8 Å². The van der Waals surface area contributed by atoms with Crippen molar-refractivity contribution in [1.29, 1.82) is 0 Å². The Morgan fingerprint density at radius 2 is 1.94 bits per heavy atom. The zero-order valence-corrected chi connectivity index (χ0v) is 18.9. The second-order valence-corrected chi connectivity index (χ2v) is 7.86. The number of aromatic nitrogens is 2. The molecule has 2 atom stereocenters. The van der Waals surface area contributed by atoms with Gasteiger partial charge in [0.2, 0.25) is 0 Å². The molecule has 32 heavy (non-hydrogen) atoms. The van der Waals surface area contributed by atoms with Crippen LogP contribution in [0.5, 0.6) is 0 Å². The average molecular weight is 451 g/mol. The van der Waals surface area contributed by atoms with E-state index in [9.17, 15) is 4.79 Å². The number of para-hydroxylation sites is 1. The molecule has 1 aliphatic heterocycles. The highest BCUT2D eigenvalue weighted by atomic mass is 32.1. The summed E-state index contributed by atoms with van der Waals surface area (Å²) in [4.78, 5) is 19.2. The van der Waals surface area contributed by atoms with Gasteiger partial charge in [0.1, 0.15) is 0 Å². The van der Waals surface area contributed by atoms with Crippen LogP contribution in [0.2, 0.25) is 0 Å². The van der Waals surface area contributed by atoms with Gasteiger partial charge in [0, 0.05) is 38.3 Å². The fourth-order valence-electron chi connectivity index (χ4n) is 4.17. The van der Waals surface area contributed by atoms with E-state index in [1.807, 2.05) is 53.2 Å². The van der Waals surface area contributed by atoms with Crippen molar-refractivity contribution in [2.24, 2.45) is 0 Å². The van der Waals surface area contributed by atoms with E-state index in [0.717, 1.165) is 30.0 Å². The third-order valence-electron chi connectivity index (χ3n) is 5.60. The number of hydrogen-bond acceptors (Lipinski definition) is 5. The second kappa shape index (κ2) is 9.93. The molecule has 8 heteroatoms. The van der Waals surface area contributed by atoms with E-state index in [1.54, 1.807) is 19.4 Å². The van der Waals surface area contributed by atoms with Gasteiger partial charge in [-0.05, 0) is 55.0 Å². The molecule has 0 radical (unpaired) electrons. The quantitative estimate of drug-likeness (QED) is 0.319. The lowest BCUT2D eigenvalue weighted by molar-refractivity contribution is 0.0600. The highest BCUT2D eigenvalue weighted by Gasteiger charge is 2.41. The Hall–Kier alpha value is -3.23. The summed E-state index contributed by atoms with van der Waals surface area (Å²) in [7, 11) is 3.09. The topological polar surface area (TPSA) is 68.6 Å². The molecule has 166 valence electrons. The van der Waals surface area contributed by atoms with Gasteiger partial charge in [-0.1, -0.05) is 18.2 Å². The molecule has 0 saturated carbocycles. The maximum absolute atomic E-state index is 12.4. The van der Waals surface area contributed by atoms with Gasteiger partial charge in [-0.2, -0.15) is 0 Å². The maximum atomic E-state index is 12.4. The molecule has 0 spiro atoms. The van der Waals surface area contributed by atoms with Gasteiger partial charge in [0.05, 0.1) is 36.1 Å². The standard InChI is InChI=1S/C24H26N4O3S/c1-30-16-8-15-28-22(21(26-24(28)32)18-10-5-6-13-25-18)20-12-7-14-27(20)19-11-4-3-9-17(19)23(29)31-2/h3-7,9-14,21-22H,8,15-16H2,1-2H3,(H,26,32)/t21-,22-/m0/s1. The lowest BCUT2D eigenvalue weighted by Crippen LogP contribution is -2.32. The molecule has 1 N–H and O–H groups in total. The number of pyridine rings is 1. The normalized spacial score (nSPS) is 17.9. The van der Waals surface area contributed by atoms with Crippen LogP contribution in [-0.4, -0.2) is 52.9 Å². The van der Waals surface area contributed by atoms with Gasteiger partial charge >= 0.3 is 5.97 Å². The van der Waals surface area contributed by atoms with Gasteiger partial charge in [0.15, 0.2) is 5.11 Å². The number of nitrogens with one attached hydrogen (secondary N) is 1. The van der Waals surface area contributed by atoms with Crippen LogP contribution in [0.3, 0.4) is 0 Å². The molecule has 3 aromatic rings. The predicted molar refractivity (Wildman–Crippen MR) is 126 cm³/mol. The van der Waals surface area contributed by atoms with E-state index in [1.165, 1.54) is 7.11 Å².